The first-order chi connectivity index (χ1) is 16.2. The van der Waals surface area contributed by atoms with Crippen LogP contribution in [-0.4, -0.2) is 64.0 Å². The summed E-state index contributed by atoms with van der Waals surface area (Å²) in [6.45, 7) is 5.81. The number of aromatic hydroxyl groups is 1. The maximum Gasteiger partial charge on any atom is 0.251 e. The molecule has 4 bridgehead atoms. The van der Waals surface area contributed by atoms with E-state index >= 15 is 0 Å². The Bertz CT molecular complexity index is 1110. The smallest absolute Gasteiger partial charge is 0.251 e. The van der Waals surface area contributed by atoms with Gasteiger partial charge < -0.3 is 20.3 Å². The summed E-state index contributed by atoms with van der Waals surface area (Å²) < 4.78 is 6.83. The second-order valence-corrected chi connectivity index (χ2v) is 11.4. The fourth-order valence-corrected chi connectivity index (χ4v) is 7.80. The first-order valence-corrected chi connectivity index (χ1v) is 12.5. The number of carbonyl (C=O) groups excluding carboxylic acids is 1. The summed E-state index contributed by atoms with van der Waals surface area (Å²) in [7, 11) is 0. The largest absolute Gasteiger partial charge is 0.508 e. The predicted molar refractivity (Wildman–Crippen MR) is 129 cm³/mol. The number of benzene rings is 2. The number of carbonyl (C=O) groups is 1. The minimum absolute atomic E-state index is 0.0121. The van der Waals surface area contributed by atoms with Crippen molar-refractivity contribution in [1.82, 2.24) is 10.2 Å². The molecule has 5 unspecified atom stereocenters. The van der Waals surface area contributed by atoms with Crippen LogP contribution in [0.5, 0.6) is 5.75 Å². The molecule has 1 amide bonds. The zero-order chi connectivity index (χ0) is 23.7. The lowest BCUT2D eigenvalue weighted by atomic mass is 9.46. The number of ether oxygens (including phenoxy) is 1. The molecule has 2 aliphatic carbocycles. The minimum Gasteiger partial charge on any atom is -0.508 e. The van der Waals surface area contributed by atoms with Gasteiger partial charge in [-0.3, -0.25) is 9.69 Å². The molecule has 180 valence electrons. The number of phenolic OH excluding ortho intramolecular Hbond substituents is 1. The number of nitrogens with one attached hydrogen (secondary N) is 1. The average Bonchev–Trinajstić information content (AvgIpc) is 3.05. The van der Waals surface area contributed by atoms with Crippen molar-refractivity contribution >= 4 is 5.91 Å². The van der Waals surface area contributed by atoms with Gasteiger partial charge >= 0.3 is 0 Å². The van der Waals surface area contributed by atoms with Crippen LogP contribution in [0.25, 0.3) is 0 Å². The van der Waals surface area contributed by atoms with E-state index in [0.717, 1.165) is 32.2 Å². The van der Waals surface area contributed by atoms with E-state index < -0.39 is 5.60 Å². The monoisotopic (exact) mass is 462 g/mol. The van der Waals surface area contributed by atoms with Crippen molar-refractivity contribution in [2.75, 3.05) is 19.7 Å². The maximum atomic E-state index is 13.1. The van der Waals surface area contributed by atoms with Crippen LogP contribution < -0.4 is 5.32 Å². The molecule has 3 N–H and O–H groups in total. The van der Waals surface area contributed by atoms with Crippen LogP contribution in [0.2, 0.25) is 0 Å². The van der Waals surface area contributed by atoms with E-state index in [-0.39, 0.29) is 40.7 Å². The number of hydrogen-bond donors (Lipinski definition) is 3. The van der Waals surface area contributed by atoms with Gasteiger partial charge in [-0.05, 0) is 81.5 Å². The van der Waals surface area contributed by atoms with Gasteiger partial charge in [-0.15, -0.1) is 0 Å². The van der Waals surface area contributed by atoms with Gasteiger partial charge in [0.15, 0.2) is 0 Å². The number of hydrogen-bond acceptors (Lipinski definition) is 5. The Morgan fingerprint density at radius 3 is 2.76 bits per heavy atom. The molecule has 1 saturated carbocycles. The molecule has 2 heterocycles. The number of aliphatic hydroxyl groups is 1. The van der Waals surface area contributed by atoms with Gasteiger partial charge in [0.1, 0.15) is 5.75 Å². The lowest BCUT2D eigenvalue weighted by Crippen LogP contribution is -2.75. The van der Waals surface area contributed by atoms with Crippen LogP contribution in [-0.2, 0) is 16.6 Å². The summed E-state index contributed by atoms with van der Waals surface area (Å²) in [4.78, 5) is 15.5. The Morgan fingerprint density at radius 2 is 2.00 bits per heavy atom. The van der Waals surface area contributed by atoms with Crippen molar-refractivity contribution in [3.05, 3.63) is 65.2 Å². The second kappa shape index (κ2) is 7.54. The van der Waals surface area contributed by atoms with E-state index in [0.29, 0.717) is 18.7 Å². The van der Waals surface area contributed by atoms with Gasteiger partial charge in [-0.25, -0.2) is 0 Å². The van der Waals surface area contributed by atoms with Crippen molar-refractivity contribution in [2.45, 2.75) is 68.2 Å². The summed E-state index contributed by atoms with van der Waals surface area (Å²) in [5.74, 6) is 0.390. The molecule has 2 aromatic rings. The Kier molecular flexibility index (Phi) is 4.90. The van der Waals surface area contributed by atoms with Crippen LogP contribution in [0.4, 0.5) is 0 Å². The topological polar surface area (TPSA) is 82.0 Å². The number of likely N-dealkylation sites (tertiary alicyclic amines) is 1. The Labute approximate surface area is 200 Å². The summed E-state index contributed by atoms with van der Waals surface area (Å²) in [6.07, 6.45) is 3.46. The number of β-amino-alcohol motifs (C(OH)–C–C–N with tert-alkyl or cyclic N) is 1. The molecule has 6 nitrogen and oxygen atoms in total. The minimum atomic E-state index is -0.787. The van der Waals surface area contributed by atoms with Crippen molar-refractivity contribution in [3.8, 4) is 5.75 Å². The zero-order valence-corrected chi connectivity index (χ0v) is 20.0. The Morgan fingerprint density at radius 1 is 1.21 bits per heavy atom. The third-order valence-corrected chi connectivity index (χ3v) is 8.92. The van der Waals surface area contributed by atoms with Crippen LogP contribution >= 0.6 is 0 Å². The van der Waals surface area contributed by atoms with Crippen molar-refractivity contribution < 1.29 is 19.7 Å². The summed E-state index contributed by atoms with van der Waals surface area (Å²) >= 11 is 0. The zero-order valence-electron chi connectivity index (χ0n) is 20.0. The first kappa shape index (κ1) is 22.1. The number of amides is 1. The van der Waals surface area contributed by atoms with Crippen molar-refractivity contribution in [3.63, 3.8) is 0 Å². The van der Waals surface area contributed by atoms with E-state index in [1.54, 1.807) is 6.07 Å². The fraction of sp³-hybridized carbons (Fsp3) is 0.536. The van der Waals surface area contributed by atoms with Crippen LogP contribution in [0, 0.1) is 5.92 Å². The number of nitrogens with zero attached hydrogens (tertiary/aromatic N) is 1. The van der Waals surface area contributed by atoms with Crippen LogP contribution in [0.15, 0.2) is 48.5 Å². The van der Waals surface area contributed by atoms with E-state index in [9.17, 15) is 15.0 Å². The van der Waals surface area contributed by atoms with Crippen LogP contribution in [0.3, 0.4) is 0 Å². The molecule has 0 spiro atoms. The van der Waals surface area contributed by atoms with Gasteiger partial charge in [0, 0.05) is 35.5 Å². The molecule has 34 heavy (non-hydrogen) atoms. The van der Waals surface area contributed by atoms with Gasteiger partial charge in [0.05, 0.1) is 17.8 Å². The second-order valence-electron chi connectivity index (χ2n) is 11.4. The predicted octanol–water partition coefficient (Wildman–Crippen LogP) is 3.01. The number of fused-ring (bicyclic) bond motifs is 1. The molecule has 0 radical (unpaired) electrons. The van der Waals surface area contributed by atoms with E-state index in [4.69, 9.17) is 4.74 Å². The highest BCUT2D eigenvalue weighted by molar-refractivity contribution is 5.94. The molecule has 5 atom stereocenters. The highest BCUT2D eigenvalue weighted by atomic mass is 16.5. The van der Waals surface area contributed by atoms with Crippen molar-refractivity contribution in [2.24, 2.45) is 5.92 Å². The number of piperidine rings is 1. The van der Waals surface area contributed by atoms with Gasteiger partial charge in [0.2, 0.25) is 0 Å². The van der Waals surface area contributed by atoms with Crippen LogP contribution in [0.1, 0.15) is 54.6 Å². The molecule has 6 rings (SSSR count). The molecule has 2 aromatic carbocycles. The summed E-state index contributed by atoms with van der Waals surface area (Å²) in [5, 5.41) is 24.5. The molecule has 4 aliphatic rings. The lowest BCUT2D eigenvalue weighted by molar-refractivity contribution is -0.158. The highest BCUT2D eigenvalue weighted by Crippen LogP contribution is 2.65. The first-order valence-electron chi connectivity index (χ1n) is 12.5. The fourth-order valence-electron chi connectivity index (χ4n) is 7.80. The third kappa shape index (κ3) is 3.08. The Balaban J connectivity index is 1.41. The van der Waals surface area contributed by atoms with Gasteiger partial charge in [-0.1, -0.05) is 24.3 Å². The number of rotatable bonds is 4. The SMILES string of the molecule is CC(C)(O)CN1CCC23c4cc(O)ccc4CC1C21CCC(NC(=O)c2ccccc2)C3CO1. The average molecular weight is 463 g/mol. The van der Waals surface area contributed by atoms with Gasteiger partial charge in [0.25, 0.3) is 5.91 Å². The van der Waals surface area contributed by atoms with E-state index in [2.05, 4.69) is 16.3 Å². The maximum absolute atomic E-state index is 13.1. The number of phenols is 1. The lowest BCUT2D eigenvalue weighted by Gasteiger charge is -2.64. The molecular weight excluding hydrogens is 428 g/mol. The molecule has 2 aliphatic heterocycles. The summed E-state index contributed by atoms with van der Waals surface area (Å²) in [5.41, 5.74) is 1.72. The molecule has 3 fully saturated rings. The van der Waals surface area contributed by atoms with Crippen molar-refractivity contribution in [1.29, 1.82) is 0 Å². The molecule has 2 saturated heterocycles. The van der Waals surface area contributed by atoms with Gasteiger partial charge in [-0.2, -0.15) is 0 Å². The highest BCUT2D eigenvalue weighted by Gasteiger charge is 2.73. The third-order valence-electron chi connectivity index (χ3n) is 8.92. The normalized spacial score (nSPS) is 34.3. The Hall–Kier alpha value is -2.41. The molecular formula is C28H34N2O4. The molecule has 0 aromatic heterocycles. The summed E-state index contributed by atoms with van der Waals surface area (Å²) in [6, 6.07) is 15.4. The van der Waals surface area contributed by atoms with E-state index in [1.165, 1.54) is 11.1 Å². The quantitative estimate of drug-likeness (QED) is 0.651. The standard InChI is InChI=1S/C28H34N2O4/c1-26(2,33)17-30-13-12-27-21-15-20(31)9-8-19(21)14-24(30)28(27)11-10-23(22(27)16-34-28)29-25(32)18-6-4-3-5-7-18/h3-9,15,22-24,31,33H,10-14,16-17H2,1-2H3,(H,29,32). The van der Waals surface area contributed by atoms with E-state index in [1.807, 2.05) is 50.2 Å². The molecule has 6 heteroatoms.